The highest BCUT2D eigenvalue weighted by Crippen LogP contribution is 2.11. The van der Waals surface area contributed by atoms with Crippen molar-refractivity contribution in [1.82, 2.24) is 5.32 Å². The SMILES string of the molecule is NC(=S)Nc1cccc(C=CCNC(=O)OCc2ccccc2)c1. The molecule has 0 aromatic heterocycles. The van der Waals surface area contributed by atoms with Crippen molar-refractivity contribution in [2.75, 3.05) is 11.9 Å². The standard InChI is InChI=1S/C18H19N3O2S/c19-17(24)21-16-10-4-8-14(12-16)9-5-11-20-18(22)23-13-15-6-2-1-3-7-15/h1-10,12H,11,13H2,(H,20,22)(H3,19,21,24). The van der Waals surface area contributed by atoms with E-state index in [1.165, 1.54) is 0 Å². The normalized spacial score (nSPS) is 10.3. The van der Waals surface area contributed by atoms with E-state index in [4.69, 9.17) is 22.7 Å². The van der Waals surface area contributed by atoms with Crippen molar-refractivity contribution >= 4 is 35.2 Å². The van der Waals surface area contributed by atoms with E-state index in [1.807, 2.05) is 66.7 Å². The highest BCUT2D eigenvalue weighted by atomic mass is 32.1. The van der Waals surface area contributed by atoms with Gasteiger partial charge in [0.2, 0.25) is 0 Å². The number of rotatable bonds is 6. The molecule has 0 aliphatic heterocycles. The molecule has 0 atom stereocenters. The van der Waals surface area contributed by atoms with Gasteiger partial charge in [-0.25, -0.2) is 4.79 Å². The third-order valence-corrected chi connectivity index (χ3v) is 3.14. The molecule has 4 N–H and O–H groups in total. The van der Waals surface area contributed by atoms with E-state index in [-0.39, 0.29) is 11.7 Å². The minimum Gasteiger partial charge on any atom is -0.445 e. The fraction of sp³-hybridized carbons (Fsp3) is 0.111. The molecule has 0 saturated carbocycles. The third-order valence-electron chi connectivity index (χ3n) is 3.04. The van der Waals surface area contributed by atoms with Gasteiger partial charge in [0, 0.05) is 12.2 Å². The monoisotopic (exact) mass is 341 g/mol. The van der Waals surface area contributed by atoms with E-state index < -0.39 is 6.09 Å². The molecule has 5 nitrogen and oxygen atoms in total. The fourth-order valence-corrected chi connectivity index (χ4v) is 2.09. The Kier molecular flexibility index (Phi) is 6.79. The van der Waals surface area contributed by atoms with E-state index in [0.29, 0.717) is 6.54 Å². The van der Waals surface area contributed by atoms with Crippen molar-refractivity contribution in [3.63, 3.8) is 0 Å². The molecule has 0 aliphatic carbocycles. The lowest BCUT2D eigenvalue weighted by atomic mass is 10.2. The molecule has 2 rings (SSSR count). The van der Waals surface area contributed by atoms with E-state index in [2.05, 4.69) is 10.6 Å². The number of benzene rings is 2. The maximum absolute atomic E-state index is 11.6. The number of ether oxygens (including phenoxy) is 1. The lowest BCUT2D eigenvalue weighted by molar-refractivity contribution is 0.141. The van der Waals surface area contributed by atoms with Gasteiger partial charge in [0.05, 0.1) is 0 Å². The van der Waals surface area contributed by atoms with Crippen LogP contribution in [0.4, 0.5) is 10.5 Å². The zero-order valence-electron chi connectivity index (χ0n) is 13.1. The van der Waals surface area contributed by atoms with Crippen molar-refractivity contribution in [1.29, 1.82) is 0 Å². The Morgan fingerprint density at radius 3 is 2.71 bits per heavy atom. The number of amides is 1. The molecule has 0 spiro atoms. The van der Waals surface area contributed by atoms with Gasteiger partial charge in [0.15, 0.2) is 5.11 Å². The van der Waals surface area contributed by atoms with Crippen molar-refractivity contribution < 1.29 is 9.53 Å². The summed E-state index contributed by atoms with van der Waals surface area (Å²) in [6.07, 6.45) is 3.28. The molecular weight excluding hydrogens is 322 g/mol. The molecule has 0 unspecified atom stereocenters. The Morgan fingerprint density at radius 2 is 1.96 bits per heavy atom. The van der Waals surface area contributed by atoms with Crippen LogP contribution in [0.3, 0.4) is 0 Å². The van der Waals surface area contributed by atoms with Crippen LogP contribution in [0.2, 0.25) is 0 Å². The lowest BCUT2D eigenvalue weighted by Crippen LogP contribution is -2.24. The number of hydrogen-bond donors (Lipinski definition) is 3. The van der Waals surface area contributed by atoms with Crippen LogP contribution in [0.1, 0.15) is 11.1 Å². The molecule has 0 saturated heterocycles. The highest BCUT2D eigenvalue weighted by molar-refractivity contribution is 7.80. The molecule has 6 heteroatoms. The van der Waals surface area contributed by atoms with Crippen LogP contribution in [0.15, 0.2) is 60.7 Å². The molecule has 0 fully saturated rings. The van der Waals surface area contributed by atoms with Gasteiger partial charge in [0.1, 0.15) is 6.61 Å². The molecular formula is C18H19N3O2S. The fourth-order valence-electron chi connectivity index (χ4n) is 1.97. The van der Waals surface area contributed by atoms with E-state index in [0.717, 1.165) is 16.8 Å². The van der Waals surface area contributed by atoms with Crippen molar-refractivity contribution in [2.24, 2.45) is 5.73 Å². The first-order chi connectivity index (χ1) is 11.6. The molecule has 124 valence electrons. The molecule has 0 aliphatic rings. The van der Waals surface area contributed by atoms with Gasteiger partial charge in [-0.05, 0) is 35.5 Å². The predicted molar refractivity (Wildman–Crippen MR) is 101 cm³/mol. The number of carbonyl (C=O) groups excluding carboxylic acids is 1. The first-order valence-corrected chi connectivity index (χ1v) is 7.82. The van der Waals surface area contributed by atoms with Gasteiger partial charge < -0.3 is 21.1 Å². The van der Waals surface area contributed by atoms with Gasteiger partial charge >= 0.3 is 6.09 Å². The van der Waals surface area contributed by atoms with Crippen molar-refractivity contribution in [3.05, 3.63) is 71.8 Å². The van der Waals surface area contributed by atoms with Crippen LogP contribution in [-0.4, -0.2) is 17.8 Å². The van der Waals surface area contributed by atoms with Crippen molar-refractivity contribution in [2.45, 2.75) is 6.61 Å². The maximum atomic E-state index is 11.6. The summed E-state index contributed by atoms with van der Waals surface area (Å²) in [4.78, 5) is 11.6. The Bertz CT molecular complexity index is 717. The van der Waals surface area contributed by atoms with E-state index in [9.17, 15) is 4.79 Å². The molecule has 0 bridgehead atoms. The van der Waals surface area contributed by atoms with Gasteiger partial charge in [-0.15, -0.1) is 0 Å². The lowest BCUT2D eigenvalue weighted by Gasteiger charge is -2.05. The summed E-state index contributed by atoms with van der Waals surface area (Å²) >= 11 is 4.80. The van der Waals surface area contributed by atoms with Gasteiger partial charge in [0.25, 0.3) is 0 Å². The van der Waals surface area contributed by atoms with Crippen LogP contribution < -0.4 is 16.4 Å². The van der Waals surface area contributed by atoms with Crippen molar-refractivity contribution in [3.8, 4) is 0 Å². The molecule has 0 heterocycles. The number of thiocarbonyl (C=S) groups is 1. The first kappa shape index (κ1) is 17.5. The Hall–Kier alpha value is -2.86. The topological polar surface area (TPSA) is 76.4 Å². The average molecular weight is 341 g/mol. The van der Waals surface area contributed by atoms with Gasteiger partial charge in [-0.3, -0.25) is 0 Å². The largest absolute Gasteiger partial charge is 0.445 e. The quantitative estimate of drug-likeness (QED) is 0.703. The zero-order chi connectivity index (χ0) is 17.2. The molecule has 2 aromatic rings. The van der Waals surface area contributed by atoms with E-state index in [1.54, 1.807) is 0 Å². The number of nitrogens with one attached hydrogen (secondary N) is 2. The maximum Gasteiger partial charge on any atom is 0.407 e. The first-order valence-electron chi connectivity index (χ1n) is 7.41. The van der Waals surface area contributed by atoms with Crippen LogP contribution in [0.5, 0.6) is 0 Å². The number of alkyl carbamates (subject to hydrolysis) is 1. The van der Waals surface area contributed by atoms with Gasteiger partial charge in [-0.2, -0.15) is 0 Å². The molecule has 2 aromatic carbocycles. The van der Waals surface area contributed by atoms with E-state index >= 15 is 0 Å². The van der Waals surface area contributed by atoms with Crippen LogP contribution in [-0.2, 0) is 11.3 Å². The summed E-state index contributed by atoms with van der Waals surface area (Å²) in [5.41, 5.74) is 8.18. The summed E-state index contributed by atoms with van der Waals surface area (Å²) in [7, 11) is 0. The molecule has 1 amide bonds. The Morgan fingerprint density at radius 1 is 1.17 bits per heavy atom. The summed E-state index contributed by atoms with van der Waals surface area (Å²) < 4.78 is 5.12. The number of hydrogen-bond acceptors (Lipinski definition) is 3. The second-order valence-corrected chi connectivity index (χ2v) is 5.40. The Labute approximate surface area is 146 Å². The molecule has 24 heavy (non-hydrogen) atoms. The minimum absolute atomic E-state index is 0.221. The predicted octanol–water partition coefficient (Wildman–Crippen LogP) is 3.28. The number of carbonyl (C=O) groups is 1. The minimum atomic E-state index is -0.451. The van der Waals surface area contributed by atoms with Gasteiger partial charge in [-0.1, -0.05) is 54.6 Å². The number of anilines is 1. The summed E-state index contributed by atoms with van der Waals surface area (Å²) in [5, 5.41) is 5.76. The van der Waals surface area contributed by atoms with Crippen LogP contribution in [0.25, 0.3) is 6.08 Å². The summed E-state index contributed by atoms with van der Waals surface area (Å²) in [6.45, 7) is 0.629. The van der Waals surface area contributed by atoms with Crippen LogP contribution in [0, 0.1) is 0 Å². The summed E-state index contributed by atoms with van der Waals surface area (Å²) in [5.74, 6) is 0. The molecule has 0 radical (unpaired) electrons. The van der Waals surface area contributed by atoms with Crippen LogP contribution >= 0.6 is 12.2 Å². The smallest absolute Gasteiger partial charge is 0.407 e. The summed E-state index contributed by atoms with van der Waals surface area (Å²) in [6, 6.07) is 17.1. The second kappa shape index (κ2) is 9.32. The Balaban J connectivity index is 1.74. The number of nitrogens with two attached hydrogens (primary N) is 1. The zero-order valence-corrected chi connectivity index (χ0v) is 13.9. The average Bonchev–Trinajstić information content (AvgIpc) is 2.58. The third kappa shape index (κ3) is 6.50. The highest BCUT2D eigenvalue weighted by Gasteiger charge is 2.00. The second-order valence-electron chi connectivity index (χ2n) is 4.96.